The van der Waals surface area contributed by atoms with Crippen LogP contribution < -0.4 is 4.90 Å². The highest BCUT2D eigenvalue weighted by atomic mass is 35.5. The van der Waals surface area contributed by atoms with E-state index in [4.69, 9.17) is 11.6 Å². The molecule has 8 heteroatoms. The largest absolute Gasteiger partial charge is 0.343 e. The summed E-state index contributed by atoms with van der Waals surface area (Å²) in [5.41, 5.74) is 0. The van der Waals surface area contributed by atoms with Crippen molar-refractivity contribution < 1.29 is 0 Å². The van der Waals surface area contributed by atoms with E-state index in [1.54, 1.807) is 0 Å². The predicted octanol–water partition coefficient (Wildman–Crippen LogP) is 0.952. The van der Waals surface area contributed by atoms with E-state index >= 15 is 0 Å². The summed E-state index contributed by atoms with van der Waals surface area (Å²) >= 11 is 5.91. The Morgan fingerprint density at radius 3 is 2.89 bits per heavy atom. The molecule has 1 aliphatic rings. The molecule has 0 aromatic carbocycles. The lowest BCUT2D eigenvalue weighted by atomic mass is 10.4. The molecule has 0 atom stereocenters. The Hall–Kier alpha value is -1.76. The van der Waals surface area contributed by atoms with Crippen LogP contribution in [0, 0.1) is 5.92 Å². The van der Waals surface area contributed by atoms with Crippen molar-refractivity contribution in [3.05, 3.63) is 17.9 Å². The van der Waals surface area contributed by atoms with Crippen LogP contribution in [0.25, 0.3) is 5.95 Å². The van der Waals surface area contributed by atoms with Gasteiger partial charge in [0.2, 0.25) is 11.2 Å². The van der Waals surface area contributed by atoms with Gasteiger partial charge in [0.05, 0.1) is 0 Å². The normalized spacial score (nSPS) is 14.8. The molecule has 1 saturated carbocycles. The SMILES string of the molecule is CN(CC1CC1)c1nc(Cl)nc(-n2cncn2)n1. The molecule has 0 saturated heterocycles. The minimum Gasteiger partial charge on any atom is -0.343 e. The fraction of sp³-hybridized carbons (Fsp3) is 0.500. The number of anilines is 1. The smallest absolute Gasteiger partial charge is 0.258 e. The van der Waals surface area contributed by atoms with E-state index < -0.39 is 0 Å². The van der Waals surface area contributed by atoms with Crippen molar-refractivity contribution in [2.24, 2.45) is 5.92 Å². The Labute approximate surface area is 109 Å². The van der Waals surface area contributed by atoms with Crippen LogP contribution in [0.5, 0.6) is 0 Å². The highest BCUT2D eigenvalue weighted by Crippen LogP contribution is 2.30. The van der Waals surface area contributed by atoms with Crippen LogP contribution in [0.1, 0.15) is 12.8 Å². The molecule has 7 nitrogen and oxygen atoms in total. The summed E-state index contributed by atoms with van der Waals surface area (Å²) < 4.78 is 1.46. The van der Waals surface area contributed by atoms with Crippen molar-refractivity contribution in [3.63, 3.8) is 0 Å². The molecule has 18 heavy (non-hydrogen) atoms. The van der Waals surface area contributed by atoms with E-state index in [9.17, 15) is 0 Å². The van der Waals surface area contributed by atoms with E-state index in [0.717, 1.165) is 12.5 Å². The van der Waals surface area contributed by atoms with Gasteiger partial charge in [0, 0.05) is 13.6 Å². The monoisotopic (exact) mass is 265 g/mol. The quantitative estimate of drug-likeness (QED) is 0.820. The predicted molar refractivity (Wildman–Crippen MR) is 65.7 cm³/mol. The van der Waals surface area contributed by atoms with Gasteiger partial charge in [0.25, 0.3) is 5.95 Å². The lowest BCUT2D eigenvalue weighted by Crippen LogP contribution is -2.23. The van der Waals surface area contributed by atoms with Gasteiger partial charge in [-0.1, -0.05) is 0 Å². The third-order valence-electron chi connectivity index (χ3n) is 2.78. The average Bonchev–Trinajstić information content (AvgIpc) is 2.99. The average molecular weight is 266 g/mol. The Bertz CT molecular complexity index is 537. The summed E-state index contributed by atoms with van der Waals surface area (Å²) in [4.78, 5) is 18.3. The van der Waals surface area contributed by atoms with Crippen molar-refractivity contribution in [3.8, 4) is 5.95 Å². The summed E-state index contributed by atoms with van der Waals surface area (Å²) in [5.74, 6) is 1.69. The molecule has 94 valence electrons. The number of hydrogen-bond acceptors (Lipinski definition) is 6. The van der Waals surface area contributed by atoms with Crippen LogP contribution in [0.3, 0.4) is 0 Å². The second kappa shape index (κ2) is 4.49. The summed E-state index contributed by atoms with van der Waals surface area (Å²) in [6.07, 6.45) is 5.50. The summed E-state index contributed by atoms with van der Waals surface area (Å²) in [6, 6.07) is 0. The minimum atomic E-state index is 0.160. The number of nitrogens with zero attached hydrogens (tertiary/aromatic N) is 7. The fourth-order valence-electron chi connectivity index (χ4n) is 1.68. The van der Waals surface area contributed by atoms with E-state index in [1.807, 2.05) is 11.9 Å². The number of halogens is 1. The number of hydrogen-bond donors (Lipinski definition) is 0. The van der Waals surface area contributed by atoms with E-state index in [-0.39, 0.29) is 5.28 Å². The molecule has 1 aliphatic carbocycles. The number of aromatic nitrogens is 6. The molecule has 0 amide bonds. The highest BCUT2D eigenvalue weighted by molar-refractivity contribution is 6.28. The molecule has 0 radical (unpaired) electrons. The Balaban J connectivity index is 1.89. The van der Waals surface area contributed by atoms with Gasteiger partial charge in [0.1, 0.15) is 12.7 Å². The molecule has 2 aromatic rings. The van der Waals surface area contributed by atoms with Crippen LogP contribution in [-0.4, -0.2) is 43.3 Å². The molecule has 1 fully saturated rings. The van der Waals surface area contributed by atoms with E-state index in [2.05, 4.69) is 25.0 Å². The first kappa shape index (κ1) is 11.3. The van der Waals surface area contributed by atoms with Crippen LogP contribution in [-0.2, 0) is 0 Å². The number of rotatable bonds is 4. The molecule has 3 rings (SSSR count). The van der Waals surface area contributed by atoms with Crippen molar-refractivity contribution in [1.82, 2.24) is 29.7 Å². The first-order valence-corrected chi connectivity index (χ1v) is 6.08. The first-order valence-electron chi connectivity index (χ1n) is 5.70. The zero-order chi connectivity index (χ0) is 12.5. The first-order chi connectivity index (χ1) is 8.72. The molecule has 2 heterocycles. The summed E-state index contributed by atoms with van der Waals surface area (Å²) in [7, 11) is 1.95. The topological polar surface area (TPSA) is 72.6 Å². The summed E-state index contributed by atoms with van der Waals surface area (Å²) in [6.45, 7) is 0.942. The van der Waals surface area contributed by atoms with Gasteiger partial charge in [-0.3, -0.25) is 0 Å². The van der Waals surface area contributed by atoms with E-state index in [0.29, 0.717) is 11.9 Å². The van der Waals surface area contributed by atoms with Crippen LogP contribution >= 0.6 is 11.6 Å². The van der Waals surface area contributed by atoms with Crippen molar-refractivity contribution >= 4 is 17.5 Å². The lowest BCUT2D eigenvalue weighted by Gasteiger charge is -2.16. The van der Waals surface area contributed by atoms with Gasteiger partial charge in [-0.2, -0.15) is 24.7 Å². The van der Waals surface area contributed by atoms with Crippen molar-refractivity contribution in [1.29, 1.82) is 0 Å². The zero-order valence-corrected chi connectivity index (χ0v) is 10.6. The Kier molecular flexibility index (Phi) is 2.83. The van der Waals surface area contributed by atoms with Gasteiger partial charge in [-0.05, 0) is 30.4 Å². The molecule has 0 N–H and O–H groups in total. The molecule has 0 unspecified atom stereocenters. The van der Waals surface area contributed by atoms with Gasteiger partial charge >= 0.3 is 0 Å². The molecule has 0 aliphatic heterocycles. The Morgan fingerprint density at radius 2 is 2.22 bits per heavy atom. The maximum atomic E-state index is 5.91. The third kappa shape index (κ3) is 2.40. The third-order valence-corrected chi connectivity index (χ3v) is 2.95. The van der Waals surface area contributed by atoms with E-state index in [1.165, 1.54) is 30.2 Å². The van der Waals surface area contributed by atoms with Gasteiger partial charge in [-0.25, -0.2) is 4.98 Å². The molecular weight excluding hydrogens is 254 g/mol. The maximum absolute atomic E-state index is 5.91. The minimum absolute atomic E-state index is 0.160. The van der Waals surface area contributed by atoms with Crippen molar-refractivity contribution in [2.45, 2.75) is 12.8 Å². The molecule has 0 spiro atoms. The molecule has 2 aromatic heterocycles. The zero-order valence-electron chi connectivity index (χ0n) is 9.86. The lowest BCUT2D eigenvalue weighted by molar-refractivity contribution is 0.738. The van der Waals surface area contributed by atoms with Gasteiger partial charge in [0.15, 0.2) is 0 Å². The van der Waals surface area contributed by atoms with Crippen molar-refractivity contribution in [2.75, 3.05) is 18.5 Å². The van der Waals surface area contributed by atoms with Gasteiger partial charge in [-0.15, -0.1) is 0 Å². The molecular formula is C10H12ClN7. The fourth-order valence-corrected chi connectivity index (χ4v) is 1.83. The van der Waals surface area contributed by atoms with Crippen LogP contribution in [0.15, 0.2) is 12.7 Å². The second-order valence-electron chi connectivity index (χ2n) is 4.37. The maximum Gasteiger partial charge on any atom is 0.258 e. The Morgan fingerprint density at radius 1 is 1.39 bits per heavy atom. The van der Waals surface area contributed by atoms with Crippen LogP contribution in [0.4, 0.5) is 5.95 Å². The summed E-state index contributed by atoms with van der Waals surface area (Å²) in [5, 5.41) is 4.14. The standard InChI is InChI=1S/C10H12ClN7/c1-17(4-7-2-3-7)9-14-8(11)15-10(16-9)18-6-12-5-13-18/h5-7H,2-4H2,1H3. The van der Waals surface area contributed by atoms with Crippen LogP contribution in [0.2, 0.25) is 5.28 Å². The second-order valence-corrected chi connectivity index (χ2v) is 4.71. The molecule has 0 bridgehead atoms. The van der Waals surface area contributed by atoms with Gasteiger partial charge < -0.3 is 4.90 Å². The highest BCUT2D eigenvalue weighted by Gasteiger charge is 2.24.